The molecule has 7 heteroatoms. The third-order valence-corrected chi connectivity index (χ3v) is 1.81. The average molecular weight is 200 g/mol. The van der Waals surface area contributed by atoms with Crippen LogP contribution < -0.4 is 5.56 Å². The predicted molar refractivity (Wildman–Crippen MR) is 44.1 cm³/mol. The van der Waals surface area contributed by atoms with E-state index < -0.39 is 17.8 Å². The smallest absolute Gasteiger partial charge is 0.295 e. The largest absolute Gasteiger partial charge is 0.328 e. The standard InChI is InChI=1S/C7H6F2N4O/c1-13-2-10-5-3(13)7(14)12-6(11-5)4(8)9/h2,4H,1H3,(H,11,12,14). The molecular formula is C7H6F2N4O. The minimum Gasteiger partial charge on any atom is -0.328 e. The van der Waals surface area contributed by atoms with Gasteiger partial charge in [-0.05, 0) is 0 Å². The van der Waals surface area contributed by atoms with Gasteiger partial charge < -0.3 is 9.55 Å². The van der Waals surface area contributed by atoms with Crippen molar-refractivity contribution in [2.45, 2.75) is 6.43 Å². The maximum atomic E-state index is 12.2. The zero-order chi connectivity index (χ0) is 10.3. The van der Waals surface area contributed by atoms with Crippen LogP contribution in [0.3, 0.4) is 0 Å². The highest BCUT2D eigenvalue weighted by atomic mass is 19.3. The molecule has 0 atom stereocenters. The monoisotopic (exact) mass is 200 g/mol. The lowest BCUT2D eigenvalue weighted by molar-refractivity contribution is 0.140. The molecule has 0 aliphatic heterocycles. The predicted octanol–water partition coefficient (Wildman–Crippen LogP) is 0.594. The average Bonchev–Trinajstić information content (AvgIpc) is 2.48. The Bertz CT molecular complexity index is 530. The van der Waals surface area contributed by atoms with Gasteiger partial charge in [0.25, 0.3) is 12.0 Å². The molecule has 1 N–H and O–H groups in total. The van der Waals surface area contributed by atoms with E-state index in [4.69, 9.17) is 0 Å². The van der Waals surface area contributed by atoms with Crippen LogP contribution in [0.25, 0.3) is 11.2 Å². The fourth-order valence-electron chi connectivity index (χ4n) is 1.18. The fraction of sp³-hybridized carbons (Fsp3) is 0.286. The summed E-state index contributed by atoms with van der Waals surface area (Å²) in [5.74, 6) is -0.652. The highest BCUT2D eigenvalue weighted by Crippen LogP contribution is 2.13. The SMILES string of the molecule is Cn1cnc2nc(C(F)F)[nH]c(=O)c21. The van der Waals surface area contributed by atoms with Crippen molar-refractivity contribution >= 4 is 11.2 Å². The van der Waals surface area contributed by atoms with E-state index in [1.165, 1.54) is 10.9 Å². The Labute approximate surface area is 76.4 Å². The first-order chi connectivity index (χ1) is 6.59. The van der Waals surface area contributed by atoms with Crippen LogP contribution in [0.15, 0.2) is 11.1 Å². The Hall–Kier alpha value is -1.79. The highest BCUT2D eigenvalue weighted by Gasteiger charge is 2.14. The summed E-state index contributed by atoms with van der Waals surface area (Å²) in [4.78, 5) is 20.5. The first kappa shape index (κ1) is 8.79. The van der Waals surface area contributed by atoms with Crippen molar-refractivity contribution in [3.8, 4) is 0 Å². The van der Waals surface area contributed by atoms with Crippen LogP contribution in [-0.4, -0.2) is 19.5 Å². The maximum Gasteiger partial charge on any atom is 0.295 e. The number of nitrogens with one attached hydrogen (secondary N) is 1. The summed E-state index contributed by atoms with van der Waals surface area (Å²) in [5, 5.41) is 0. The minimum absolute atomic E-state index is 0.0338. The third-order valence-electron chi connectivity index (χ3n) is 1.81. The van der Waals surface area contributed by atoms with Crippen LogP contribution in [0.1, 0.15) is 12.2 Å². The number of aromatic amines is 1. The molecule has 0 saturated heterocycles. The number of hydrogen-bond acceptors (Lipinski definition) is 3. The Balaban J connectivity index is 2.81. The molecule has 5 nitrogen and oxygen atoms in total. The molecule has 0 amide bonds. The van der Waals surface area contributed by atoms with E-state index in [0.717, 1.165) is 0 Å². The molecule has 2 aromatic rings. The summed E-state index contributed by atoms with van der Waals surface area (Å²) < 4.78 is 25.9. The summed E-state index contributed by atoms with van der Waals surface area (Å²) in [6.45, 7) is 0. The van der Waals surface area contributed by atoms with Gasteiger partial charge in [0.15, 0.2) is 17.0 Å². The second kappa shape index (κ2) is 2.86. The molecule has 0 aliphatic carbocycles. The van der Waals surface area contributed by atoms with Crippen LogP contribution in [0.4, 0.5) is 8.78 Å². The summed E-state index contributed by atoms with van der Waals surface area (Å²) in [7, 11) is 1.59. The van der Waals surface area contributed by atoms with Crippen LogP contribution in [0, 0.1) is 0 Å². The topological polar surface area (TPSA) is 63.6 Å². The first-order valence-corrected chi connectivity index (χ1v) is 3.79. The second-order valence-electron chi connectivity index (χ2n) is 2.78. The van der Waals surface area contributed by atoms with Gasteiger partial charge >= 0.3 is 0 Å². The highest BCUT2D eigenvalue weighted by molar-refractivity contribution is 5.69. The number of imidazole rings is 1. The van der Waals surface area contributed by atoms with E-state index >= 15 is 0 Å². The summed E-state index contributed by atoms with van der Waals surface area (Å²) in [6.07, 6.45) is -1.45. The Morgan fingerprint density at radius 1 is 1.57 bits per heavy atom. The van der Waals surface area contributed by atoms with Crippen molar-refractivity contribution in [1.29, 1.82) is 0 Å². The normalized spacial score (nSPS) is 11.4. The molecule has 0 spiro atoms. The van der Waals surface area contributed by atoms with E-state index in [1.54, 1.807) is 7.05 Å². The molecular weight excluding hydrogens is 194 g/mol. The Kier molecular flexibility index (Phi) is 1.80. The summed E-state index contributed by atoms with van der Waals surface area (Å²) in [6, 6.07) is 0. The van der Waals surface area contributed by atoms with Crippen molar-refractivity contribution in [1.82, 2.24) is 19.5 Å². The molecule has 0 radical (unpaired) electrons. The third kappa shape index (κ3) is 1.17. The molecule has 0 saturated carbocycles. The van der Waals surface area contributed by atoms with Gasteiger partial charge in [0.05, 0.1) is 6.33 Å². The number of H-pyrrole nitrogens is 1. The summed E-state index contributed by atoms with van der Waals surface area (Å²) in [5.41, 5.74) is -0.383. The van der Waals surface area contributed by atoms with Crippen LogP contribution in [0.5, 0.6) is 0 Å². The molecule has 0 fully saturated rings. The lowest BCUT2D eigenvalue weighted by Crippen LogP contribution is -2.14. The van der Waals surface area contributed by atoms with Crippen molar-refractivity contribution in [2.75, 3.05) is 0 Å². The molecule has 2 rings (SSSR count). The van der Waals surface area contributed by atoms with Crippen LogP contribution in [-0.2, 0) is 7.05 Å². The molecule has 0 aliphatic rings. The summed E-state index contributed by atoms with van der Waals surface area (Å²) >= 11 is 0. The van der Waals surface area contributed by atoms with E-state index in [1.807, 2.05) is 4.98 Å². The van der Waals surface area contributed by atoms with E-state index in [-0.39, 0.29) is 11.2 Å². The Morgan fingerprint density at radius 2 is 2.29 bits per heavy atom. The maximum absolute atomic E-state index is 12.2. The lowest BCUT2D eigenvalue weighted by Gasteiger charge is -1.98. The number of halogens is 2. The van der Waals surface area contributed by atoms with Gasteiger partial charge in [-0.2, -0.15) is 0 Å². The second-order valence-corrected chi connectivity index (χ2v) is 2.78. The van der Waals surface area contributed by atoms with Gasteiger partial charge in [-0.25, -0.2) is 18.7 Å². The van der Waals surface area contributed by atoms with Gasteiger partial charge in [-0.1, -0.05) is 0 Å². The number of fused-ring (bicyclic) bond motifs is 1. The number of aryl methyl sites for hydroxylation is 1. The van der Waals surface area contributed by atoms with Gasteiger partial charge in [-0.15, -0.1) is 0 Å². The number of aromatic nitrogens is 4. The van der Waals surface area contributed by atoms with Gasteiger partial charge in [0, 0.05) is 7.05 Å². The van der Waals surface area contributed by atoms with Gasteiger partial charge in [0.2, 0.25) is 0 Å². The zero-order valence-electron chi connectivity index (χ0n) is 7.16. The zero-order valence-corrected chi connectivity index (χ0v) is 7.16. The lowest BCUT2D eigenvalue weighted by atomic mass is 10.5. The van der Waals surface area contributed by atoms with Crippen molar-refractivity contribution in [3.05, 3.63) is 22.5 Å². The van der Waals surface area contributed by atoms with Crippen molar-refractivity contribution in [2.24, 2.45) is 7.05 Å². The fourth-order valence-corrected chi connectivity index (χ4v) is 1.18. The van der Waals surface area contributed by atoms with Crippen LogP contribution >= 0.6 is 0 Å². The molecule has 74 valence electrons. The van der Waals surface area contributed by atoms with Crippen molar-refractivity contribution in [3.63, 3.8) is 0 Å². The van der Waals surface area contributed by atoms with Crippen molar-refractivity contribution < 1.29 is 8.78 Å². The van der Waals surface area contributed by atoms with E-state index in [0.29, 0.717) is 0 Å². The quantitative estimate of drug-likeness (QED) is 0.732. The van der Waals surface area contributed by atoms with E-state index in [2.05, 4.69) is 9.97 Å². The first-order valence-electron chi connectivity index (χ1n) is 3.79. The van der Waals surface area contributed by atoms with Gasteiger partial charge in [0.1, 0.15) is 0 Å². The number of rotatable bonds is 1. The van der Waals surface area contributed by atoms with Crippen LogP contribution in [0.2, 0.25) is 0 Å². The molecule has 2 heterocycles. The van der Waals surface area contributed by atoms with Gasteiger partial charge in [-0.3, -0.25) is 4.79 Å². The molecule has 0 aromatic carbocycles. The Morgan fingerprint density at radius 3 is 2.93 bits per heavy atom. The minimum atomic E-state index is -2.80. The molecule has 0 unspecified atom stereocenters. The number of alkyl halides is 2. The molecule has 0 bridgehead atoms. The molecule has 2 aromatic heterocycles. The number of hydrogen-bond donors (Lipinski definition) is 1. The van der Waals surface area contributed by atoms with E-state index in [9.17, 15) is 13.6 Å². The molecule has 14 heavy (non-hydrogen) atoms. The number of nitrogens with zero attached hydrogens (tertiary/aromatic N) is 3.